The van der Waals surface area contributed by atoms with Crippen LogP contribution in [0.25, 0.3) is 0 Å². The van der Waals surface area contributed by atoms with Crippen molar-refractivity contribution in [2.24, 2.45) is 0 Å². The predicted octanol–water partition coefficient (Wildman–Crippen LogP) is 17.9. The molecule has 0 aromatic heterocycles. The fourth-order valence-corrected chi connectivity index (χ4v) is 10.8. The lowest BCUT2D eigenvalue weighted by molar-refractivity contribution is -0.161. The summed E-state index contributed by atoms with van der Waals surface area (Å²) in [5, 5.41) is 10.5. The lowest BCUT2D eigenvalue weighted by atomic mass is 10.0. The third-order valence-corrected chi connectivity index (χ3v) is 16.4. The molecule has 0 fully saturated rings. The van der Waals surface area contributed by atoms with Gasteiger partial charge in [-0.05, 0) is 51.4 Å². The van der Waals surface area contributed by atoms with E-state index in [1.54, 1.807) is 0 Å². The summed E-state index contributed by atoms with van der Waals surface area (Å²) in [4.78, 5) is 72.1. The molecule has 3 N–H and O–H groups in total. The highest BCUT2D eigenvalue weighted by Crippen LogP contribution is 2.45. The Balaban J connectivity index is 5.25. The fraction of sp³-hybridized carbons (Fsp3) is 0.877. The summed E-state index contributed by atoms with van der Waals surface area (Å²) >= 11 is 0. The van der Waals surface area contributed by atoms with Crippen molar-refractivity contribution in [3.05, 3.63) is 24.3 Å². The smallest absolute Gasteiger partial charge is 0.462 e. The van der Waals surface area contributed by atoms with Gasteiger partial charge in [0.05, 0.1) is 26.4 Å². The number of ether oxygens (including phenoxy) is 4. The first-order valence-corrected chi connectivity index (χ1v) is 36.6. The number of hydrogen-bond acceptors (Lipinski definition) is 15. The molecule has 0 bridgehead atoms. The van der Waals surface area contributed by atoms with Gasteiger partial charge >= 0.3 is 39.5 Å². The minimum atomic E-state index is -4.95. The molecule has 5 atom stereocenters. The first-order chi connectivity index (χ1) is 40.7. The quantitative estimate of drug-likeness (QED) is 0.0169. The van der Waals surface area contributed by atoms with Crippen molar-refractivity contribution in [1.29, 1.82) is 0 Å². The normalized spacial score (nSPS) is 14.3. The minimum Gasteiger partial charge on any atom is -0.462 e. The van der Waals surface area contributed by atoms with Crippen LogP contribution in [0.4, 0.5) is 0 Å². The molecule has 494 valence electrons. The van der Waals surface area contributed by atoms with Crippen LogP contribution in [0.5, 0.6) is 0 Å². The first-order valence-electron chi connectivity index (χ1n) is 33.6. The second kappa shape index (κ2) is 59.5. The Morgan fingerprint density at radius 1 is 0.333 bits per heavy atom. The average Bonchev–Trinajstić information content (AvgIpc) is 3.58. The van der Waals surface area contributed by atoms with E-state index in [0.29, 0.717) is 25.7 Å². The van der Waals surface area contributed by atoms with Crippen molar-refractivity contribution in [3.63, 3.8) is 0 Å². The highest BCUT2D eigenvalue weighted by molar-refractivity contribution is 7.47. The van der Waals surface area contributed by atoms with Crippen molar-refractivity contribution in [3.8, 4) is 0 Å². The van der Waals surface area contributed by atoms with Gasteiger partial charge in [0, 0.05) is 25.7 Å². The van der Waals surface area contributed by atoms with Gasteiger partial charge < -0.3 is 33.8 Å². The van der Waals surface area contributed by atoms with Gasteiger partial charge in [0.2, 0.25) is 0 Å². The fourth-order valence-electron chi connectivity index (χ4n) is 9.27. The molecule has 84 heavy (non-hydrogen) atoms. The third kappa shape index (κ3) is 58.6. The molecular formula is C65H122O17P2. The van der Waals surface area contributed by atoms with E-state index in [1.165, 1.54) is 122 Å². The van der Waals surface area contributed by atoms with Crippen LogP contribution in [0.2, 0.25) is 0 Å². The maximum atomic E-state index is 13.0. The van der Waals surface area contributed by atoms with Gasteiger partial charge in [-0.15, -0.1) is 0 Å². The molecule has 0 aromatic carbocycles. The van der Waals surface area contributed by atoms with Crippen LogP contribution in [-0.2, 0) is 65.4 Å². The van der Waals surface area contributed by atoms with Crippen LogP contribution in [0, 0.1) is 0 Å². The Bertz CT molecular complexity index is 1710. The number of carbonyl (C=O) groups is 4. The molecule has 0 aromatic rings. The zero-order valence-electron chi connectivity index (χ0n) is 53.3. The number of phosphoric acid groups is 2. The van der Waals surface area contributed by atoms with Crippen LogP contribution >= 0.6 is 15.6 Å². The molecule has 0 spiro atoms. The number of carbonyl (C=O) groups excluding carboxylic acids is 4. The summed E-state index contributed by atoms with van der Waals surface area (Å²) in [6.45, 7) is 4.79. The van der Waals surface area contributed by atoms with E-state index < -0.39 is 97.5 Å². The first kappa shape index (κ1) is 81.5. The summed E-state index contributed by atoms with van der Waals surface area (Å²) in [5.74, 6) is -2.16. The Labute approximate surface area is 510 Å². The molecule has 0 aliphatic heterocycles. The average molecular weight is 1240 g/mol. The van der Waals surface area contributed by atoms with E-state index >= 15 is 0 Å². The number of rotatable bonds is 64. The molecule has 0 radical (unpaired) electrons. The van der Waals surface area contributed by atoms with E-state index in [1.807, 2.05) is 0 Å². The van der Waals surface area contributed by atoms with Gasteiger partial charge in [-0.3, -0.25) is 37.3 Å². The zero-order chi connectivity index (χ0) is 61.9. The Hall–Kier alpha value is -2.46. The maximum absolute atomic E-state index is 13.0. The van der Waals surface area contributed by atoms with Gasteiger partial charge in [0.15, 0.2) is 12.2 Å². The number of allylic oxidation sites excluding steroid dienone is 4. The number of aliphatic hydroxyl groups excluding tert-OH is 1. The van der Waals surface area contributed by atoms with Crippen LogP contribution in [0.3, 0.4) is 0 Å². The molecule has 2 unspecified atom stereocenters. The summed E-state index contributed by atoms with van der Waals surface area (Å²) in [6, 6.07) is 0. The van der Waals surface area contributed by atoms with Gasteiger partial charge in [0.25, 0.3) is 0 Å². The number of aliphatic hydroxyl groups is 1. The monoisotopic (exact) mass is 1240 g/mol. The summed E-state index contributed by atoms with van der Waals surface area (Å²) < 4.78 is 67.9. The van der Waals surface area contributed by atoms with Crippen molar-refractivity contribution in [1.82, 2.24) is 0 Å². The predicted molar refractivity (Wildman–Crippen MR) is 335 cm³/mol. The van der Waals surface area contributed by atoms with E-state index in [-0.39, 0.29) is 25.7 Å². The van der Waals surface area contributed by atoms with Gasteiger partial charge in [0.1, 0.15) is 19.3 Å². The Kier molecular flexibility index (Phi) is 57.8. The number of hydrogen-bond donors (Lipinski definition) is 3. The van der Waals surface area contributed by atoms with Crippen LogP contribution in [-0.4, -0.2) is 96.7 Å². The molecule has 0 heterocycles. The standard InChI is InChI=1S/C65H122O17P2/c1-5-9-13-17-21-25-27-29-30-31-33-36-40-44-48-52-65(70)82-61(56-76-63(68)50-46-42-38-35-32-28-26-22-18-14-10-6-2)58-80-84(73,74)78-54-59(66)53-77-83(71,72)79-57-60(55-75-62(67)49-45-41-37-24-20-16-12-8-4)81-64(69)51-47-43-39-34-23-19-15-11-7-3/h25,27,29-30,59-61,66H,5-24,26,28,31-58H2,1-4H3,(H,71,72)(H,73,74)/b27-25-,30-29-/t59-,60+,61+/m0/s1. The molecule has 19 heteroatoms. The van der Waals surface area contributed by atoms with Gasteiger partial charge in [-0.2, -0.15) is 0 Å². The van der Waals surface area contributed by atoms with Gasteiger partial charge in [-0.1, -0.05) is 257 Å². The highest BCUT2D eigenvalue weighted by atomic mass is 31.2. The number of esters is 4. The highest BCUT2D eigenvalue weighted by Gasteiger charge is 2.30. The Morgan fingerprint density at radius 3 is 0.869 bits per heavy atom. The molecule has 17 nitrogen and oxygen atoms in total. The lowest BCUT2D eigenvalue weighted by Gasteiger charge is -2.21. The van der Waals surface area contributed by atoms with E-state index in [0.717, 1.165) is 109 Å². The topological polar surface area (TPSA) is 237 Å². The van der Waals surface area contributed by atoms with Crippen molar-refractivity contribution in [2.75, 3.05) is 39.6 Å². The number of phosphoric ester groups is 2. The summed E-state index contributed by atoms with van der Waals surface area (Å²) in [7, 11) is -9.89. The zero-order valence-corrected chi connectivity index (χ0v) is 55.1. The second-order valence-electron chi connectivity index (χ2n) is 22.8. The van der Waals surface area contributed by atoms with Crippen LogP contribution < -0.4 is 0 Å². The van der Waals surface area contributed by atoms with Crippen molar-refractivity contribution in [2.45, 2.75) is 329 Å². The van der Waals surface area contributed by atoms with E-state index in [4.69, 9.17) is 37.0 Å². The largest absolute Gasteiger partial charge is 0.472 e. The summed E-state index contributed by atoms with van der Waals surface area (Å²) in [6.07, 6.45) is 48.0. The minimum absolute atomic E-state index is 0.0855. The lowest BCUT2D eigenvalue weighted by Crippen LogP contribution is -2.30. The molecule has 0 aliphatic carbocycles. The molecular weight excluding hydrogens is 1110 g/mol. The van der Waals surface area contributed by atoms with Gasteiger partial charge in [-0.25, -0.2) is 9.13 Å². The van der Waals surface area contributed by atoms with Crippen molar-refractivity contribution < 1.29 is 80.2 Å². The van der Waals surface area contributed by atoms with Crippen LogP contribution in [0.15, 0.2) is 24.3 Å². The third-order valence-electron chi connectivity index (χ3n) is 14.5. The SMILES string of the molecule is CCCCCC/C=C\C=C/CCCCCCCC(=O)O[C@H](COC(=O)CCCCCCCCCCCCCC)COP(=O)(O)OC[C@@H](O)COP(=O)(O)OC[C@@H](COC(=O)CCCCCCCCCC)OC(=O)CCCCCCCCCCC. The molecule has 0 rings (SSSR count). The number of unbranched alkanes of at least 4 members (excludes halogenated alkanes) is 35. The van der Waals surface area contributed by atoms with Crippen LogP contribution in [0.1, 0.15) is 310 Å². The Morgan fingerprint density at radius 2 is 0.571 bits per heavy atom. The van der Waals surface area contributed by atoms with E-state index in [9.17, 15) is 43.2 Å². The maximum Gasteiger partial charge on any atom is 0.472 e. The second-order valence-corrected chi connectivity index (χ2v) is 25.7. The van der Waals surface area contributed by atoms with Crippen molar-refractivity contribution >= 4 is 39.5 Å². The summed E-state index contributed by atoms with van der Waals surface area (Å²) in [5.41, 5.74) is 0. The molecule has 0 aliphatic rings. The molecule has 0 amide bonds. The molecule has 0 saturated carbocycles. The molecule has 0 saturated heterocycles. The van der Waals surface area contributed by atoms with E-state index in [2.05, 4.69) is 52.0 Å².